The third-order valence-electron chi connectivity index (χ3n) is 7.83. The van der Waals surface area contributed by atoms with Crippen molar-refractivity contribution in [2.24, 2.45) is 5.92 Å². The van der Waals surface area contributed by atoms with E-state index in [0.717, 1.165) is 42.3 Å². The number of aryl methyl sites for hydroxylation is 1. The van der Waals surface area contributed by atoms with Crippen molar-refractivity contribution in [1.82, 2.24) is 9.97 Å². The van der Waals surface area contributed by atoms with Crippen molar-refractivity contribution in [2.45, 2.75) is 94.8 Å². The van der Waals surface area contributed by atoms with Crippen LogP contribution < -0.4 is 4.74 Å². The Bertz CT molecular complexity index is 1430. The van der Waals surface area contributed by atoms with Crippen LogP contribution in [0.15, 0.2) is 52.2 Å². The molecule has 9 heteroatoms. The Labute approximate surface area is 242 Å². The second-order valence-electron chi connectivity index (χ2n) is 11.4. The zero-order chi connectivity index (χ0) is 28.6. The van der Waals surface area contributed by atoms with Gasteiger partial charge in [0.15, 0.2) is 17.3 Å². The summed E-state index contributed by atoms with van der Waals surface area (Å²) in [5.74, 6) is -0.446. The lowest BCUT2D eigenvalue weighted by Gasteiger charge is -2.41. The number of carbonyl (C=O) groups excluding carboxylic acids is 1. The number of benzene rings is 2. The van der Waals surface area contributed by atoms with Crippen molar-refractivity contribution in [1.29, 1.82) is 0 Å². The lowest BCUT2D eigenvalue weighted by atomic mass is 9.77. The molecule has 2 aromatic carbocycles. The number of aromatic amines is 1. The van der Waals surface area contributed by atoms with Gasteiger partial charge in [-0.1, -0.05) is 30.5 Å². The average Bonchev–Trinajstić information content (AvgIpc) is 3.56. The molecule has 2 N–H and O–H groups in total. The molecule has 1 aliphatic heterocycles. The Hall–Kier alpha value is -2.71. The number of H-pyrrole nitrogens is 1. The third kappa shape index (κ3) is 5.84. The first-order valence-electron chi connectivity index (χ1n) is 14.0. The Morgan fingerprint density at radius 3 is 2.60 bits per heavy atom. The van der Waals surface area contributed by atoms with Crippen LogP contribution >= 0.6 is 11.6 Å². The number of aliphatic hydroxyl groups excluding tert-OH is 1. The summed E-state index contributed by atoms with van der Waals surface area (Å²) < 4.78 is 26.6. The molecule has 3 aromatic rings. The molecule has 1 aliphatic carbocycles. The van der Waals surface area contributed by atoms with E-state index in [1.807, 2.05) is 39.8 Å². The molecule has 214 valence electrons. The number of carbonyl (C=O) groups is 1. The van der Waals surface area contributed by atoms with Crippen molar-refractivity contribution < 1.29 is 23.8 Å². The highest BCUT2D eigenvalue weighted by atomic mass is 35.5. The summed E-state index contributed by atoms with van der Waals surface area (Å²) in [4.78, 5) is 22.2. The van der Waals surface area contributed by atoms with Gasteiger partial charge in [-0.2, -0.15) is 4.98 Å². The third-order valence-corrected chi connectivity index (χ3v) is 10.5. The number of nitrogens with zero attached hydrogens (tertiary/aromatic N) is 1. The maximum absolute atomic E-state index is 14.7. The second-order valence-corrected chi connectivity index (χ2v) is 14.3. The topological polar surface area (TPSA) is 84.4 Å². The smallest absolute Gasteiger partial charge is 0.391 e. The number of hydrogen-bond donors (Lipinski definition) is 2. The van der Waals surface area contributed by atoms with Gasteiger partial charge < -0.3 is 14.6 Å². The summed E-state index contributed by atoms with van der Waals surface area (Å²) >= 11 is 6.17. The number of aromatic nitrogens is 2. The molecule has 0 spiro atoms. The number of aliphatic hydroxyl groups is 1. The van der Waals surface area contributed by atoms with Gasteiger partial charge in [0, 0.05) is 5.02 Å². The summed E-state index contributed by atoms with van der Waals surface area (Å²) in [6.45, 7) is 7.74. The molecule has 0 radical (unpaired) electrons. The van der Waals surface area contributed by atoms with Gasteiger partial charge in [-0.25, -0.2) is 9.18 Å². The molecule has 40 heavy (non-hydrogen) atoms. The molecule has 1 fully saturated rings. The van der Waals surface area contributed by atoms with Gasteiger partial charge in [0.2, 0.25) is 0 Å². The lowest BCUT2D eigenvalue weighted by Crippen LogP contribution is -2.47. The molecule has 5 rings (SSSR count). The van der Waals surface area contributed by atoms with Crippen molar-refractivity contribution in [2.75, 3.05) is 0 Å². The number of ether oxygens (including phenoxy) is 2. The van der Waals surface area contributed by atoms with Crippen molar-refractivity contribution in [3.05, 3.63) is 63.5 Å². The van der Waals surface area contributed by atoms with E-state index in [2.05, 4.69) is 4.98 Å². The first-order valence-corrected chi connectivity index (χ1v) is 15.7. The maximum Gasteiger partial charge on any atom is 0.391 e. The van der Waals surface area contributed by atoms with E-state index in [0.29, 0.717) is 23.0 Å². The zero-order valence-electron chi connectivity index (χ0n) is 23.4. The monoisotopic (exact) mass is 587 g/mol. The van der Waals surface area contributed by atoms with Gasteiger partial charge in [0.05, 0.1) is 23.6 Å². The first kappa shape index (κ1) is 28.8. The van der Waals surface area contributed by atoms with Crippen LogP contribution in [0.1, 0.15) is 71.8 Å². The molecular formula is C31H37ClFN2O4S+. The molecule has 2 heterocycles. The quantitative estimate of drug-likeness (QED) is 0.197. The van der Waals surface area contributed by atoms with Gasteiger partial charge >= 0.3 is 11.1 Å². The minimum absolute atomic E-state index is 0.00531. The normalized spacial score (nSPS) is 21.1. The van der Waals surface area contributed by atoms with E-state index in [1.165, 1.54) is 6.07 Å². The molecule has 2 atom stereocenters. The second kappa shape index (κ2) is 11.6. The Balaban J connectivity index is 1.45. The molecule has 1 saturated carbocycles. The van der Waals surface area contributed by atoms with Crippen LogP contribution in [0.2, 0.25) is 5.02 Å². The maximum atomic E-state index is 14.7. The zero-order valence-corrected chi connectivity index (χ0v) is 25.0. The largest absolute Gasteiger partial charge is 0.507 e. The van der Waals surface area contributed by atoms with Crippen molar-refractivity contribution in [3.63, 3.8) is 0 Å². The average molecular weight is 588 g/mol. The van der Waals surface area contributed by atoms with Crippen molar-refractivity contribution >= 4 is 39.5 Å². The van der Waals surface area contributed by atoms with Crippen molar-refractivity contribution in [3.8, 4) is 5.75 Å². The number of fused-ring (bicyclic) bond motifs is 1. The number of hydrogen-bond acceptors (Lipinski definition) is 5. The number of esters is 1. The number of nitrogens with one attached hydrogen (secondary N) is 1. The van der Waals surface area contributed by atoms with Gasteiger partial charge in [0.25, 0.3) is 4.91 Å². The Morgan fingerprint density at radius 2 is 1.95 bits per heavy atom. The van der Waals surface area contributed by atoms with E-state index < -0.39 is 28.3 Å². The molecular weight excluding hydrogens is 551 g/mol. The van der Waals surface area contributed by atoms with E-state index >= 15 is 0 Å². The molecule has 6 nitrogen and oxygen atoms in total. The molecule has 0 bridgehead atoms. The number of imidazole rings is 1. The fraction of sp³-hybridized carbons (Fsp3) is 0.484. The first-order chi connectivity index (χ1) is 19.1. The van der Waals surface area contributed by atoms with Gasteiger partial charge in [-0.15, -0.1) is 0 Å². The number of rotatable bonds is 9. The molecule has 0 amide bonds. The highest BCUT2D eigenvalue weighted by Gasteiger charge is 2.54. The van der Waals surface area contributed by atoms with Gasteiger partial charge in [-0.05, 0) is 95.2 Å². The van der Waals surface area contributed by atoms with E-state index in [9.17, 15) is 14.3 Å². The van der Waals surface area contributed by atoms with Crippen LogP contribution in [0.5, 0.6) is 5.75 Å². The summed E-state index contributed by atoms with van der Waals surface area (Å²) in [6, 6.07) is 10.4. The van der Waals surface area contributed by atoms with Crippen LogP contribution in [0.4, 0.5) is 4.39 Å². The summed E-state index contributed by atoms with van der Waals surface area (Å²) in [5.41, 5.74) is 1.50. The standard InChI is InChI=1S/C31H36ClFN2O4S/c1-18(2)38-27-12-9-20(15-23(27)33)13-14-31(21-7-5-6-8-21)17-26(36)28(29(37)39-31)40(19(3)4)30-34-24-11-10-22(32)16-25(24)35-30/h9-12,15-16,18-19,21H,5-8,13-14,17H2,1-4H3,(H-,34,35,36,37)/p+1. The van der Waals surface area contributed by atoms with Gasteiger partial charge in [-0.3, -0.25) is 4.98 Å². The minimum Gasteiger partial charge on any atom is -0.507 e. The predicted molar refractivity (Wildman–Crippen MR) is 157 cm³/mol. The van der Waals surface area contributed by atoms with Crippen LogP contribution in [0.25, 0.3) is 11.0 Å². The Kier molecular flexibility index (Phi) is 8.39. The SMILES string of the molecule is CC(C)Oc1ccc(CCC2(C3CCCC3)CC(O)=C([S+](c3nc4ccc(Cl)cc4[nH]3)C(C)C)C(=O)O2)cc1F. The van der Waals surface area contributed by atoms with Crippen LogP contribution in [0.3, 0.4) is 0 Å². The highest BCUT2D eigenvalue weighted by molar-refractivity contribution is 8.01. The Morgan fingerprint density at radius 1 is 1.20 bits per heavy atom. The van der Waals surface area contributed by atoms with E-state index in [-0.39, 0.29) is 40.1 Å². The number of halogens is 2. The molecule has 2 unspecified atom stereocenters. The number of cyclic esters (lactones) is 1. The molecule has 2 aliphatic rings. The van der Waals surface area contributed by atoms with Crippen LogP contribution in [-0.2, 0) is 26.8 Å². The van der Waals surface area contributed by atoms with Gasteiger partial charge in [0.1, 0.15) is 21.7 Å². The summed E-state index contributed by atoms with van der Waals surface area (Å²) in [6.07, 6.45) is 5.15. The highest BCUT2D eigenvalue weighted by Crippen LogP contribution is 2.47. The fourth-order valence-corrected chi connectivity index (χ4v) is 8.26. The van der Waals surface area contributed by atoms with E-state index in [4.69, 9.17) is 26.1 Å². The van der Waals surface area contributed by atoms with Crippen LogP contribution in [0, 0.1) is 11.7 Å². The van der Waals surface area contributed by atoms with E-state index in [1.54, 1.807) is 18.2 Å². The molecule has 1 aromatic heterocycles. The minimum atomic E-state index is -0.835. The van der Waals surface area contributed by atoms with Crippen LogP contribution in [-0.4, -0.2) is 38.0 Å². The summed E-state index contributed by atoms with van der Waals surface area (Å²) in [5, 5.41) is 12.8. The molecule has 0 saturated heterocycles. The summed E-state index contributed by atoms with van der Waals surface area (Å²) in [7, 11) is -0.829. The predicted octanol–water partition coefficient (Wildman–Crippen LogP) is 7.81. The lowest BCUT2D eigenvalue weighted by molar-refractivity contribution is -0.166. The fourth-order valence-electron chi connectivity index (χ4n) is 6.01.